The Hall–Kier alpha value is -3.30. The van der Waals surface area contributed by atoms with E-state index in [4.69, 9.17) is 5.11 Å². The monoisotopic (exact) mass is 347 g/mol. The number of rotatable bonds is 7. The van der Waals surface area contributed by atoms with Crippen LogP contribution in [0.25, 0.3) is 5.69 Å². The van der Waals surface area contributed by atoms with Crippen LogP contribution in [-0.4, -0.2) is 43.2 Å². The van der Waals surface area contributed by atoms with Gasteiger partial charge in [0, 0.05) is 18.2 Å². The van der Waals surface area contributed by atoms with Crippen LogP contribution in [0, 0.1) is 15.5 Å². The molecule has 0 unspecified atom stereocenters. The smallest absolute Gasteiger partial charge is 0.309 e. The minimum absolute atomic E-state index is 0.101. The molecule has 10 heteroatoms. The van der Waals surface area contributed by atoms with Gasteiger partial charge in [-0.25, -0.2) is 9.67 Å². The number of hydrogen-bond acceptors (Lipinski definition) is 6. The highest BCUT2D eigenvalue weighted by Crippen LogP contribution is 2.24. The van der Waals surface area contributed by atoms with E-state index in [1.807, 2.05) is 0 Å². The maximum absolute atomic E-state index is 12.2. The second-order valence-corrected chi connectivity index (χ2v) is 6.00. The molecule has 0 atom stereocenters. The number of nitro benzene ring substituents is 1. The second kappa shape index (κ2) is 7.07. The molecule has 1 amide bonds. The molecule has 0 saturated carbocycles. The van der Waals surface area contributed by atoms with Gasteiger partial charge in [0.25, 0.3) is 11.6 Å². The van der Waals surface area contributed by atoms with E-state index in [1.54, 1.807) is 13.8 Å². The average Bonchev–Trinajstić information content (AvgIpc) is 3.08. The summed E-state index contributed by atoms with van der Waals surface area (Å²) >= 11 is 0. The number of carboxylic acids is 1. The Bertz CT molecular complexity index is 801. The molecule has 0 radical (unpaired) electrons. The van der Waals surface area contributed by atoms with Crippen LogP contribution in [0.1, 0.15) is 30.6 Å². The molecule has 25 heavy (non-hydrogen) atoms. The topological polar surface area (TPSA) is 140 Å². The fraction of sp³-hybridized carbons (Fsp3) is 0.333. The Kier molecular flexibility index (Phi) is 5.11. The maximum Gasteiger partial charge on any atom is 0.309 e. The van der Waals surface area contributed by atoms with Crippen molar-refractivity contribution in [2.24, 2.45) is 5.41 Å². The number of carbonyl (C=O) groups is 2. The number of carbonyl (C=O) groups excluding carboxylic acids is 1. The molecule has 0 aliphatic carbocycles. The molecule has 1 aromatic heterocycles. The van der Waals surface area contributed by atoms with E-state index in [1.165, 1.54) is 29.5 Å². The first-order valence-corrected chi connectivity index (χ1v) is 7.37. The van der Waals surface area contributed by atoms with Gasteiger partial charge in [0.05, 0.1) is 10.3 Å². The number of amides is 1. The van der Waals surface area contributed by atoms with Gasteiger partial charge in [0.1, 0.15) is 18.3 Å². The maximum atomic E-state index is 12.2. The number of nitrogens with one attached hydrogen (secondary N) is 1. The lowest BCUT2D eigenvalue weighted by atomic mass is 9.90. The lowest BCUT2D eigenvalue weighted by Gasteiger charge is -2.18. The first-order valence-electron chi connectivity index (χ1n) is 7.37. The van der Waals surface area contributed by atoms with E-state index in [-0.39, 0.29) is 29.9 Å². The fourth-order valence-electron chi connectivity index (χ4n) is 2.03. The van der Waals surface area contributed by atoms with E-state index in [0.29, 0.717) is 0 Å². The molecule has 132 valence electrons. The van der Waals surface area contributed by atoms with Crippen LogP contribution < -0.4 is 5.32 Å². The van der Waals surface area contributed by atoms with Crippen molar-refractivity contribution in [2.45, 2.75) is 20.3 Å². The van der Waals surface area contributed by atoms with Gasteiger partial charge in [-0.05, 0) is 32.4 Å². The van der Waals surface area contributed by atoms with Crippen molar-refractivity contribution >= 4 is 17.6 Å². The first-order chi connectivity index (χ1) is 11.7. The molecule has 10 nitrogen and oxygen atoms in total. The van der Waals surface area contributed by atoms with E-state index < -0.39 is 22.2 Å². The summed E-state index contributed by atoms with van der Waals surface area (Å²) < 4.78 is 1.23. The molecule has 1 heterocycles. The summed E-state index contributed by atoms with van der Waals surface area (Å²) in [5, 5.41) is 26.7. The van der Waals surface area contributed by atoms with Gasteiger partial charge in [-0.15, -0.1) is 0 Å². The minimum atomic E-state index is -0.976. The van der Waals surface area contributed by atoms with Gasteiger partial charge in [0.2, 0.25) is 0 Å². The Morgan fingerprint density at radius 3 is 2.68 bits per heavy atom. The molecule has 0 saturated heterocycles. The van der Waals surface area contributed by atoms with Gasteiger partial charge in [0.15, 0.2) is 0 Å². The molecule has 0 spiro atoms. The summed E-state index contributed by atoms with van der Waals surface area (Å²) in [5.41, 5.74) is -0.977. The van der Waals surface area contributed by atoms with Crippen molar-refractivity contribution in [3.8, 4) is 5.69 Å². The van der Waals surface area contributed by atoms with Crippen LogP contribution in [0.5, 0.6) is 0 Å². The number of nitro groups is 1. The number of aromatic nitrogens is 3. The summed E-state index contributed by atoms with van der Waals surface area (Å²) in [4.78, 5) is 37.6. The number of hydrogen-bond donors (Lipinski definition) is 2. The molecule has 1 aromatic carbocycles. The van der Waals surface area contributed by atoms with Crippen molar-refractivity contribution in [2.75, 3.05) is 6.54 Å². The first kappa shape index (κ1) is 18.0. The van der Waals surface area contributed by atoms with E-state index in [0.717, 1.165) is 6.07 Å². The third-order valence-electron chi connectivity index (χ3n) is 3.71. The predicted molar refractivity (Wildman–Crippen MR) is 86.4 cm³/mol. The summed E-state index contributed by atoms with van der Waals surface area (Å²) in [6.07, 6.45) is 2.79. The normalized spacial score (nSPS) is 11.1. The highest BCUT2D eigenvalue weighted by atomic mass is 16.6. The number of benzene rings is 1. The predicted octanol–water partition coefficient (Wildman–Crippen LogP) is 1.41. The van der Waals surface area contributed by atoms with Crippen LogP contribution in [0.2, 0.25) is 0 Å². The van der Waals surface area contributed by atoms with Crippen molar-refractivity contribution in [1.82, 2.24) is 20.1 Å². The third kappa shape index (κ3) is 4.16. The molecule has 2 aromatic rings. The second-order valence-electron chi connectivity index (χ2n) is 6.00. The zero-order chi connectivity index (χ0) is 18.6. The van der Waals surface area contributed by atoms with Gasteiger partial charge in [-0.3, -0.25) is 19.7 Å². The highest BCUT2D eigenvalue weighted by Gasteiger charge is 2.27. The Morgan fingerprint density at radius 1 is 1.40 bits per heavy atom. The quantitative estimate of drug-likeness (QED) is 0.570. The van der Waals surface area contributed by atoms with Crippen molar-refractivity contribution in [1.29, 1.82) is 0 Å². The van der Waals surface area contributed by atoms with Crippen molar-refractivity contribution in [3.05, 3.63) is 46.5 Å². The summed E-state index contributed by atoms with van der Waals surface area (Å²) in [7, 11) is 0. The largest absolute Gasteiger partial charge is 0.481 e. The zero-order valence-electron chi connectivity index (χ0n) is 13.7. The van der Waals surface area contributed by atoms with E-state index in [9.17, 15) is 19.7 Å². The van der Waals surface area contributed by atoms with Crippen LogP contribution in [0.3, 0.4) is 0 Å². The molecule has 0 aliphatic rings. The molecule has 0 aliphatic heterocycles. The highest BCUT2D eigenvalue weighted by molar-refractivity contribution is 5.95. The number of carboxylic acid groups (broad SMARTS) is 1. The lowest BCUT2D eigenvalue weighted by Crippen LogP contribution is -2.32. The molecular formula is C15H17N5O5. The third-order valence-corrected chi connectivity index (χ3v) is 3.71. The van der Waals surface area contributed by atoms with Gasteiger partial charge in [-0.1, -0.05) is 0 Å². The van der Waals surface area contributed by atoms with Crippen molar-refractivity contribution < 1.29 is 19.6 Å². The van der Waals surface area contributed by atoms with Crippen LogP contribution in [-0.2, 0) is 4.79 Å². The van der Waals surface area contributed by atoms with Crippen LogP contribution in [0.15, 0.2) is 30.9 Å². The Labute approximate surface area is 142 Å². The SMILES string of the molecule is CC(C)(CCNC(=O)c1ccc(-n2cncn2)c([N+](=O)[O-])c1)C(=O)O. The number of nitrogens with zero attached hydrogens (tertiary/aromatic N) is 4. The fourth-order valence-corrected chi connectivity index (χ4v) is 2.03. The standard InChI is InChI=1S/C15H17N5O5/c1-15(2,14(22)23)5-6-17-13(21)10-3-4-11(12(7-10)20(24)25)19-9-16-8-18-19/h3-4,7-9H,5-6H2,1-2H3,(H,17,21)(H,22,23). The van der Waals surface area contributed by atoms with Crippen LogP contribution >= 0.6 is 0 Å². The Balaban J connectivity index is 2.14. The van der Waals surface area contributed by atoms with E-state index >= 15 is 0 Å². The van der Waals surface area contributed by atoms with E-state index in [2.05, 4.69) is 15.4 Å². The minimum Gasteiger partial charge on any atom is -0.481 e. The van der Waals surface area contributed by atoms with Gasteiger partial charge < -0.3 is 10.4 Å². The molecule has 0 bridgehead atoms. The summed E-state index contributed by atoms with van der Waals surface area (Å²) in [6.45, 7) is 3.25. The molecule has 0 fully saturated rings. The molecule has 2 N–H and O–H groups in total. The lowest BCUT2D eigenvalue weighted by molar-refractivity contribution is -0.384. The summed E-state index contributed by atoms with van der Waals surface area (Å²) in [6, 6.07) is 3.99. The van der Waals surface area contributed by atoms with Crippen LogP contribution in [0.4, 0.5) is 5.69 Å². The van der Waals surface area contributed by atoms with Gasteiger partial charge in [-0.2, -0.15) is 5.10 Å². The Morgan fingerprint density at radius 2 is 2.12 bits per heavy atom. The average molecular weight is 347 g/mol. The number of aliphatic carboxylic acids is 1. The zero-order valence-corrected chi connectivity index (χ0v) is 13.7. The summed E-state index contributed by atoms with van der Waals surface area (Å²) in [5.74, 6) is -1.48. The molecular weight excluding hydrogens is 330 g/mol. The van der Waals surface area contributed by atoms with Crippen molar-refractivity contribution in [3.63, 3.8) is 0 Å². The van der Waals surface area contributed by atoms with Gasteiger partial charge >= 0.3 is 5.97 Å². The molecule has 2 rings (SSSR count).